The fourth-order valence-electron chi connectivity index (χ4n) is 3.15. The molecule has 0 saturated carbocycles. The number of imidazole rings is 1. The third kappa shape index (κ3) is 3.20. The van der Waals surface area contributed by atoms with Crippen LogP contribution in [0.1, 0.15) is 24.4 Å². The highest BCUT2D eigenvalue weighted by molar-refractivity contribution is 5.81. The van der Waals surface area contributed by atoms with Crippen molar-refractivity contribution in [1.29, 1.82) is 0 Å². The van der Waals surface area contributed by atoms with Crippen LogP contribution in [0.4, 0.5) is 0 Å². The van der Waals surface area contributed by atoms with Crippen LogP contribution in [-0.4, -0.2) is 29.4 Å². The summed E-state index contributed by atoms with van der Waals surface area (Å²) in [6.45, 7) is 6.30. The Bertz CT molecular complexity index is 916. The Balaban J connectivity index is 1.61. The molecular formula is C20H23N3O3. The van der Waals surface area contributed by atoms with Crippen molar-refractivity contribution in [3.63, 3.8) is 0 Å². The van der Waals surface area contributed by atoms with E-state index in [0.717, 1.165) is 34.1 Å². The Morgan fingerprint density at radius 2 is 1.85 bits per heavy atom. The molecule has 6 heteroatoms. The lowest BCUT2D eigenvalue weighted by Gasteiger charge is -2.18. The number of benzene rings is 2. The van der Waals surface area contributed by atoms with E-state index in [-0.39, 0.29) is 6.04 Å². The fraction of sp³-hybridized carbons (Fsp3) is 0.350. The summed E-state index contributed by atoms with van der Waals surface area (Å²) in [4.78, 5) is 4.70. The van der Waals surface area contributed by atoms with Gasteiger partial charge in [0.1, 0.15) is 31.4 Å². The number of aryl methyl sites for hydroxylation is 1. The number of ether oxygens (including phenoxy) is 3. The van der Waals surface area contributed by atoms with Crippen LogP contribution in [0.5, 0.6) is 17.2 Å². The number of fused-ring (bicyclic) bond motifs is 2. The maximum absolute atomic E-state index is 6.14. The molecule has 0 radical (unpaired) electrons. The summed E-state index contributed by atoms with van der Waals surface area (Å²) in [5, 5.41) is 0. The van der Waals surface area contributed by atoms with Crippen LogP contribution >= 0.6 is 0 Å². The molecule has 1 aliphatic heterocycles. The summed E-state index contributed by atoms with van der Waals surface area (Å²) in [7, 11) is 0. The summed E-state index contributed by atoms with van der Waals surface area (Å²) in [6, 6.07) is 11.8. The van der Waals surface area contributed by atoms with Crippen molar-refractivity contribution < 1.29 is 14.2 Å². The lowest BCUT2D eigenvalue weighted by molar-refractivity contribution is 0.172. The molecule has 2 N–H and O–H groups in total. The zero-order valence-electron chi connectivity index (χ0n) is 15.1. The fourth-order valence-corrected chi connectivity index (χ4v) is 3.15. The average Bonchev–Trinajstić information content (AvgIpc) is 2.99. The third-order valence-electron chi connectivity index (χ3n) is 4.45. The molecule has 136 valence electrons. The average molecular weight is 353 g/mol. The summed E-state index contributed by atoms with van der Waals surface area (Å²) >= 11 is 0. The van der Waals surface area contributed by atoms with Gasteiger partial charge in [-0.1, -0.05) is 17.7 Å². The Morgan fingerprint density at radius 1 is 1.15 bits per heavy atom. The first kappa shape index (κ1) is 16.7. The monoisotopic (exact) mass is 353 g/mol. The van der Waals surface area contributed by atoms with Gasteiger partial charge in [-0.05, 0) is 26.0 Å². The van der Waals surface area contributed by atoms with Gasteiger partial charge in [-0.25, -0.2) is 4.98 Å². The van der Waals surface area contributed by atoms with Gasteiger partial charge in [-0.15, -0.1) is 0 Å². The minimum atomic E-state index is -0.180. The van der Waals surface area contributed by atoms with Gasteiger partial charge in [0.25, 0.3) is 0 Å². The molecule has 1 atom stereocenters. The van der Waals surface area contributed by atoms with Crippen LogP contribution in [0, 0.1) is 6.92 Å². The number of aromatic nitrogens is 2. The first-order valence-electron chi connectivity index (χ1n) is 8.86. The number of nitrogens with zero attached hydrogens (tertiary/aromatic N) is 2. The predicted octanol–water partition coefficient (Wildman–Crippen LogP) is 3.21. The second-order valence-corrected chi connectivity index (χ2v) is 6.56. The van der Waals surface area contributed by atoms with Gasteiger partial charge in [0.2, 0.25) is 0 Å². The molecule has 26 heavy (non-hydrogen) atoms. The van der Waals surface area contributed by atoms with E-state index in [1.165, 1.54) is 5.56 Å². The zero-order chi connectivity index (χ0) is 18.1. The van der Waals surface area contributed by atoms with Gasteiger partial charge in [0, 0.05) is 12.1 Å². The van der Waals surface area contributed by atoms with Crippen molar-refractivity contribution in [3.8, 4) is 17.2 Å². The summed E-state index contributed by atoms with van der Waals surface area (Å²) in [6.07, 6.45) is 0. The van der Waals surface area contributed by atoms with Gasteiger partial charge in [0.05, 0.1) is 23.6 Å². The molecule has 0 fully saturated rings. The second kappa shape index (κ2) is 6.88. The quantitative estimate of drug-likeness (QED) is 0.762. The summed E-state index contributed by atoms with van der Waals surface area (Å²) < 4.78 is 19.4. The summed E-state index contributed by atoms with van der Waals surface area (Å²) in [5.74, 6) is 3.17. The van der Waals surface area contributed by atoms with Crippen LogP contribution < -0.4 is 19.9 Å². The number of hydrogen-bond donors (Lipinski definition) is 1. The van der Waals surface area contributed by atoms with E-state index in [2.05, 4.69) is 11.5 Å². The van der Waals surface area contributed by atoms with E-state index in [1.807, 2.05) is 43.3 Å². The Hall–Kier alpha value is -2.73. The lowest BCUT2D eigenvalue weighted by atomic mass is 10.2. The standard InChI is InChI=1S/C20H23N3O3/c1-13-3-5-15(6-4-13)24-8-7-23-17-12-19-18(25-9-10-26-19)11-16(17)22-20(23)14(2)21/h3-6,11-12,14H,7-10,21H2,1-2H3. The van der Waals surface area contributed by atoms with E-state index in [1.54, 1.807) is 0 Å². The Labute approximate surface area is 152 Å². The molecule has 0 aliphatic carbocycles. The van der Waals surface area contributed by atoms with Crippen molar-refractivity contribution in [2.45, 2.75) is 26.4 Å². The number of hydrogen-bond acceptors (Lipinski definition) is 5. The van der Waals surface area contributed by atoms with Crippen LogP contribution in [0.15, 0.2) is 36.4 Å². The summed E-state index contributed by atoms with van der Waals surface area (Å²) in [5.41, 5.74) is 9.20. The van der Waals surface area contributed by atoms with Gasteiger partial charge in [-0.2, -0.15) is 0 Å². The topological polar surface area (TPSA) is 71.5 Å². The maximum atomic E-state index is 6.14. The van der Waals surface area contributed by atoms with Gasteiger partial charge in [0.15, 0.2) is 11.5 Å². The second-order valence-electron chi connectivity index (χ2n) is 6.56. The van der Waals surface area contributed by atoms with Crippen molar-refractivity contribution in [2.75, 3.05) is 19.8 Å². The molecule has 1 aliphatic rings. The predicted molar refractivity (Wildman–Crippen MR) is 100.0 cm³/mol. The maximum Gasteiger partial charge on any atom is 0.163 e. The SMILES string of the molecule is Cc1ccc(OCCn2c(C(C)N)nc3cc4c(cc32)OCCO4)cc1. The third-order valence-corrected chi connectivity index (χ3v) is 4.45. The van der Waals surface area contributed by atoms with E-state index in [9.17, 15) is 0 Å². The molecule has 6 nitrogen and oxygen atoms in total. The first-order valence-corrected chi connectivity index (χ1v) is 8.86. The molecule has 2 heterocycles. The Kier molecular flexibility index (Phi) is 4.42. The first-order chi connectivity index (χ1) is 12.6. The highest BCUT2D eigenvalue weighted by Gasteiger charge is 2.19. The van der Waals surface area contributed by atoms with Crippen molar-refractivity contribution in [3.05, 3.63) is 47.8 Å². The number of rotatable bonds is 5. The molecule has 2 aromatic carbocycles. The van der Waals surface area contributed by atoms with Gasteiger partial charge in [-0.3, -0.25) is 0 Å². The highest BCUT2D eigenvalue weighted by atomic mass is 16.6. The van der Waals surface area contributed by atoms with E-state index < -0.39 is 0 Å². The normalized spacial score (nSPS) is 14.4. The lowest BCUT2D eigenvalue weighted by Crippen LogP contribution is -2.17. The van der Waals surface area contributed by atoms with Gasteiger partial charge < -0.3 is 24.5 Å². The van der Waals surface area contributed by atoms with Crippen LogP contribution in [0.3, 0.4) is 0 Å². The van der Waals surface area contributed by atoms with Crippen molar-refractivity contribution >= 4 is 11.0 Å². The zero-order valence-corrected chi connectivity index (χ0v) is 15.1. The van der Waals surface area contributed by atoms with Crippen molar-refractivity contribution in [2.24, 2.45) is 5.73 Å². The Morgan fingerprint density at radius 3 is 2.54 bits per heavy atom. The highest BCUT2D eigenvalue weighted by Crippen LogP contribution is 2.35. The van der Waals surface area contributed by atoms with Crippen LogP contribution in [-0.2, 0) is 6.54 Å². The van der Waals surface area contributed by atoms with Gasteiger partial charge >= 0.3 is 0 Å². The number of nitrogens with two attached hydrogens (primary N) is 1. The molecule has 0 spiro atoms. The molecule has 3 aromatic rings. The molecule has 1 aromatic heterocycles. The van der Waals surface area contributed by atoms with Crippen LogP contribution in [0.2, 0.25) is 0 Å². The molecule has 0 amide bonds. The minimum Gasteiger partial charge on any atom is -0.492 e. The largest absolute Gasteiger partial charge is 0.492 e. The molecule has 0 saturated heterocycles. The van der Waals surface area contributed by atoms with Crippen molar-refractivity contribution in [1.82, 2.24) is 9.55 Å². The molecule has 4 rings (SSSR count). The van der Waals surface area contributed by atoms with E-state index in [0.29, 0.717) is 26.4 Å². The minimum absolute atomic E-state index is 0.180. The van der Waals surface area contributed by atoms with Crippen LogP contribution in [0.25, 0.3) is 11.0 Å². The molecular weight excluding hydrogens is 330 g/mol. The molecule has 0 bridgehead atoms. The smallest absolute Gasteiger partial charge is 0.163 e. The molecule has 1 unspecified atom stereocenters. The van der Waals surface area contributed by atoms with E-state index in [4.69, 9.17) is 24.9 Å². The van der Waals surface area contributed by atoms with E-state index >= 15 is 0 Å².